The summed E-state index contributed by atoms with van der Waals surface area (Å²) in [5, 5.41) is 3.81. The average Bonchev–Trinajstić information content (AvgIpc) is 3.25. The van der Waals surface area contributed by atoms with Crippen LogP contribution in [-0.4, -0.2) is 37.9 Å². The van der Waals surface area contributed by atoms with Gasteiger partial charge < -0.3 is 4.42 Å². The van der Waals surface area contributed by atoms with Crippen molar-refractivity contribution in [3.05, 3.63) is 88.8 Å². The molecule has 30 heavy (non-hydrogen) atoms. The number of sulfonamides is 1. The van der Waals surface area contributed by atoms with Crippen LogP contribution in [0.15, 0.2) is 91.9 Å². The number of nitrogens with zero attached hydrogens (tertiary/aromatic N) is 2. The van der Waals surface area contributed by atoms with Gasteiger partial charge in [0.05, 0.1) is 23.9 Å². The topological polar surface area (TPSA) is 92.0 Å². The molecule has 0 bridgehead atoms. The van der Waals surface area contributed by atoms with Crippen molar-refractivity contribution in [2.45, 2.75) is 11.3 Å². The lowest BCUT2D eigenvalue weighted by Gasteiger charge is -2.21. The SMILES string of the molecule is O=C(CN(CCc1ccccc1)S(=O)(=O)c1ccc(Br)cc1)N/N=C\c1ccco1. The van der Waals surface area contributed by atoms with E-state index in [0.717, 1.165) is 14.3 Å². The third kappa shape index (κ3) is 6.12. The van der Waals surface area contributed by atoms with E-state index < -0.39 is 15.9 Å². The van der Waals surface area contributed by atoms with Crippen molar-refractivity contribution in [2.75, 3.05) is 13.1 Å². The Labute approximate surface area is 183 Å². The van der Waals surface area contributed by atoms with E-state index in [2.05, 4.69) is 26.5 Å². The van der Waals surface area contributed by atoms with Crippen molar-refractivity contribution in [2.24, 2.45) is 5.10 Å². The maximum atomic E-state index is 13.1. The normalized spacial score (nSPS) is 11.8. The molecule has 0 fully saturated rings. The Kier molecular flexibility index (Phi) is 7.56. The second kappa shape index (κ2) is 10.3. The summed E-state index contributed by atoms with van der Waals surface area (Å²) in [6, 6.07) is 19.2. The van der Waals surface area contributed by atoms with Gasteiger partial charge in [0.25, 0.3) is 5.91 Å². The number of amides is 1. The van der Waals surface area contributed by atoms with Gasteiger partial charge in [-0.05, 0) is 48.4 Å². The predicted octanol–water partition coefficient (Wildman–Crippen LogP) is 3.43. The molecule has 0 aliphatic rings. The van der Waals surface area contributed by atoms with Crippen LogP contribution in [0, 0.1) is 0 Å². The first-order valence-corrected chi connectivity index (χ1v) is 11.3. The number of hydrogen-bond donors (Lipinski definition) is 1. The van der Waals surface area contributed by atoms with Gasteiger partial charge in [-0.3, -0.25) is 4.79 Å². The van der Waals surface area contributed by atoms with Crippen molar-refractivity contribution in [1.29, 1.82) is 0 Å². The first-order valence-electron chi connectivity index (χ1n) is 9.10. The first kappa shape index (κ1) is 21.9. The molecule has 1 aromatic heterocycles. The minimum absolute atomic E-state index is 0.116. The van der Waals surface area contributed by atoms with E-state index in [9.17, 15) is 13.2 Å². The average molecular weight is 490 g/mol. The molecule has 0 spiro atoms. The highest BCUT2D eigenvalue weighted by Gasteiger charge is 2.26. The number of hydrazone groups is 1. The molecule has 1 heterocycles. The van der Waals surface area contributed by atoms with Crippen LogP contribution in [0.4, 0.5) is 0 Å². The van der Waals surface area contributed by atoms with E-state index in [0.29, 0.717) is 12.2 Å². The number of carbonyl (C=O) groups excluding carboxylic acids is 1. The molecule has 0 radical (unpaired) electrons. The molecule has 0 aliphatic carbocycles. The Morgan fingerprint density at radius 2 is 1.80 bits per heavy atom. The highest BCUT2D eigenvalue weighted by Crippen LogP contribution is 2.19. The maximum absolute atomic E-state index is 13.1. The molecule has 0 saturated carbocycles. The molecule has 1 amide bonds. The van der Waals surface area contributed by atoms with E-state index in [-0.39, 0.29) is 18.0 Å². The fraction of sp³-hybridized carbons (Fsp3) is 0.143. The summed E-state index contributed by atoms with van der Waals surface area (Å²) in [7, 11) is -3.87. The molecule has 0 atom stereocenters. The third-order valence-corrected chi connectivity index (χ3v) is 6.58. The number of benzene rings is 2. The fourth-order valence-electron chi connectivity index (χ4n) is 2.67. The van der Waals surface area contributed by atoms with Crippen LogP contribution in [-0.2, 0) is 21.2 Å². The summed E-state index contributed by atoms with van der Waals surface area (Å²) in [6.07, 6.45) is 3.30. The molecule has 0 aliphatic heterocycles. The second-order valence-electron chi connectivity index (χ2n) is 6.34. The van der Waals surface area contributed by atoms with Crippen molar-refractivity contribution in [3.63, 3.8) is 0 Å². The lowest BCUT2D eigenvalue weighted by atomic mass is 10.1. The molecule has 7 nitrogen and oxygen atoms in total. The van der Waals surface area contributed by atoms with Gasteiger partial charge in [0.2, 0.25) is 10.0 Å². The summed E-state index contributed by atoms with van der Waals surface area (Å²) >= 11 is 3.30. The monoisotopic (exact) mass is 489 g/mol. The van der Waals surface area contributed by atoms with Gasteiger partial charge in [0.15, 0.2) is 0 Å². The number of furan rings is 1. The predicted molar refractivity (Wildman–Crippen MR) is 117 cm³/mol. The molecule has 2 aromatic carbocycles. The highest BCUT2D eigenvalue weighted by molar-refractivity contribution is 9.10. The van der Waals surface area contributed by atoms with Crippen LogP contribution in [0.5, 0.6) is 0 Å². The zero-order chi connectivity index (χ0) is 21.4. The maximum Gasteiger partial charge on any atom is 0.255 e. The van der Waals surface area contributed by atoms with Crippen molar-refractivity contribution in [1.82, 2.24) is 9.73 Å². The molecule has 9 heteroatoms. The Bertz CT molecular complexity index is 1080. The number of halogens is 1. The Morgan fingerprint density at radius 1 is 1.07 bits per heavy atom. The van der Waals surface area contributed by atoms with Crippen LogP contribution in [0.25, 0.3) is 0 Å². The number of hydrogen-bond acceptors (Lipinski definition) is 5. The molecule has 3 aromatic rings. The van der Waals surface area contributed by atoms with E-state index in [1.54, 1.807) is 24.3 Å². The van der Waals surface area contributed by atoms with Gasteiger partial charge in [-0.2, -0.15) is 9.41 Å². The Hall–Kier alpha value is -2.75. The summed E-state index contributed by atoms with van der Waals surface area (Å²) in [6.45, 7) is -0.210. The van der Waals surface area contributed by atoms with Gasteiger partial charge in [-0.25, -0.2) is 13.8 Å². The van der Waals surface area contributed by atoms with Gasteiger partial charge in [-0.1, -0.05) is 46.3 Å². The Morgan fingerprint density at radius 3 is 2.47 bits per heavy atom. The van der Waals surface area contributed by atoms with Crippen LogP contribution in [0.3, 0.4) is 0 Å². The van der Waals surface area contributed by atoms with Gasteiger partial charge >= 0.3 is 0 Å². The first-order chi connectivity index (χ1) is 14.4. The second-order valence-corrected chi connectivity index (χ2v) is 9.19. The van der Waals surface area contributed by atoms with Crippen molar-refractivity contribution < 1.29 is 17.6 Å². The minimum atomic E-state index is -3.87. The fourth-order valence-corrected chi connectivity index (χ4v) is 4.33. The van der Waals surface area contributed by atoms with Gasteiger partial charge in [-0.15, -0.1) is 0 Å². The minimum Gasteiger partial charge on any atom is -0.463 e. The van der Waals surface area contributed by atoms with E-state index in [1.807, 2.05) is 30.3 Å². The standard InChI is InChI=1S/C21H20BrN3O4S/c22-18-8-10-20(11-9-18)30(27,28)25(13-12-17-5-2-1-3-6-17)16-21(26)24-23-15-19-7-4-14-29-19/h1-11,14-15H,12-13,16H2,(H,24,26)/b23-15-. The number of rotatable bonds is 9. The molecular formula is C21H20BrN3O4S. The summed E-state index contributed by atoms with van der Waals surface area (Å²) in [5.41, 5.74) is 3.32. The smallest absolute Gasteiger partial charge is 0.255 e. The van der Waals surface area contributed by atoms with Gasteiger partial charge in [0.1, 0.15) is 5.76 Å². The lowest BCUT2D eigenvalue weighted by Crippen LogP contribution is -2.40. The zero-order valence-electron chi connectivity index (χ0n) is 15.9. The van der Waals surface area contributed by atoms with Crippen LogP contribution >= 0.6 is 15.9 Å². The summed E-state index contributed by atoms with van der Waals surface area (Å²) in [5.74, 6) is -0.0785. The molecule has 0 saturated heterocycles. The van der Waals surface area contributed by atoms with Crippen LogP contribution < -0.4 is 5.43 Å². The molecule has 3 rings (SSSR count). The quantitative estimate of drug-likeness (QED) is 0.368. The van der Waals surface area contributed by atoms with Crippen LogP contribution in [0.2, 0.25) is 0 Å². The zero-order valence-corrected chi connectivity index (χ0v) is 18.3. The molecule has 1 N–H and O–H groups in total. The van der Waals surface area contributed by atoms with Gasteiger partial charge in [0, 0.05) is 11.0 Å². The van der Waals surface area contributed by atoms with E-state index in [4.69, 9.17) is 4.42 Å². The van der Waals surface area contributed by atoms with E-state index >= 15 is 0 Å². The van der Waals surface area contributed by atoms with Crippen molar-refractivity contribution >= 4 is 38.1 Å². The molecular weight excluding hydrogens is 470 g/mol. The number of nitrogens with one attached hydrogen (secondary N) is 1. The van der Waals surface area contributed by atoms with E-state index in [1.165, 1.54) is 24.6 Å². The number of carbonyl (C=O) groups is 1. The van der Waals surface area contributed by atoms with Crippen LogP contribution in [0.1, 0.15) is 11.3 Å². The lowest BCUT2D eigenvalue weighted by molar-refractivity contribution is -0.121. The largest absolute Gasteiger partial charge is 0.463 e. The van der Waals surface area contributed by atoms with Crippen molar-refractivity contribution in [3.8, 4) is 0 Å². The summed E-state index contributed by atoms with van der Waals surface area (Å²) in [4.78, 5) is 12.5. The summed E-state index contributed by atoms with van der Waals surface area (Å²) < 4.78 is 33.3. The highest BCUT2D eigenvalue weighted by atomic mass is 79.9. The third-order valence-electron chi connectivity index (χ3n) is 4.19. The molecule has 0 unspecified atom stereocenters. The Balaban J connectivity index is 1.74. The molecule has 156 valence electrons.